The first-order chi connectivity index (χ1) is 15.9. The van der Waals surface area contributed by atoms with Gasteiger partial charge in [0.1, 0.15) is 19.0 Å². The Morgan fingerprint density at radius 3 is 2.24 bits per heavy atom. The van der Waals surface area contributed by atoms with E-state index in [0.29, 0.717) is 37.4 Å². The van der Waals surface area contributed by atoms with Crippen LogP contribution >= 0.6 is 0 Å². The summed E-state index contributed by atoms with van der Waals surface area (Å²) in [4.78, 5) is 9.78. The van der Waals surface area contributed by atoms with Crippen molar-refractivity contribution in [2.24, 2.45) is 5.73 Å². The van der Waals surface area contributed by atoms with Gasteiger partial charge >= 0.3 is 0 Å². The molecule has 3 rings (SSSR count). The lowest BCUT2D eigenvalue weighted by atomic mass is 9.96. The molecule has 2 N–H and O–H groups in total. The Morgan fingerprint density at radius 1 is 0.939 bits per heavy atom. The Labute approximate surface area is 198 Å². The van der Waals surface area contributed by atoms with E-state index in [-0.39, 0.29) is 0 Å². The Morgan fingerprint density at radius 2 is 1.64 bits per heavy atom. The van der Waals surface area contributed by atoms with Crippen LogP contribution in [0.25, 0.3) is 11.4 Å². The number of benzene rings is 2. The fourth-order valence-electron chi connectivity index (χ4n) is 3.93. The van der Waals surface area contributed by atoms with Gasteiger partial charge in [-0.1, -0.05) is 58.0 Å². The summed E-state index contributed by atoms with van der Waals surface area (Å²) in [5, 5.41) is 0. The molecule has 0 amide bonds. The number of hydrogen-bond donors (Lipinski definition) is 1. The Hall–Kier alpha value is -2.92. The van der Waals surface area contributed by atoms with Crippen molar-refractivity contribution in [3.63, 3.8) is 0 Å². The standard InChI is InChI=1S/C28H37N3O2/c1-7-21-10-9-11-22(8-2)26(21)27-30-20(6)24(28(31-27)32-15-14-29)17-33-25-16-23(18(3)4)13-12-19(25)5/h9-13,16,18H,7-8,14-15,17,29H2,1-6H3. The van der Waals surface area contributed by atoms with Gasteiger partial charge in [-0.3, -0.25) is 0 Å². The van der Waals surface area contributed by atoms with E-state index in [2.05, 4.69) is 71.0 Å². The third-order valence-corrected chi connectivity index (χ3v) is 6.01. The van der Waals surface area contributed by atoms with Gasteiger partial charge in [0.2, 0.25) is 5.88 Å². The molecule has 0 radical (unpaired) electrons. The van der Waals surface area contributed by atoms with Gasteiger partial charge in [0.15, 0.2) is 5.82 Å². The van der Waals surface area contributed by atoms with Crippen LogP contribution < -0.4 is 15.2 Å². The summed E-state index contributed by atoms with van der Waals surface area (Å²) in [6.45, 7) is 13.9. The smallest absolute Gasteiger partial charge is 0.224 e. The molecule has 0 saturated carbocycles. The molecule has 5 heteroatoms. The number of nitrogens with two attached hydrogens (primary N) is 1. The lowest BCUT2D eigenvalue weighted by molar-refractivity contribution is 0.273. The highest BCUT2D eigenvalue weighted by Crippen LogP contribution is 2.31. The number of aryl methyl sites for hydroxylation is 4. The lowest BCUT2D eigenvalue weighted by Gasteiger charge is -2.18. The van der Waals surface area contributed by atoms with Crippen molar-refractivity contribution in [3.05, 3.63) is 69.9 Å². The number of hydrogen-bond acceptors (Lipinski definition) is 5. The second-order valence-corrected chi connectivity index (χ2v) is 8.68. The quantitative estimate of drug-likeness (QED) is 0.417. The van der Waals surface area contributed by atoms with E-state index in [1.807, 2.05) is 6.92 Å². The fourth-order valence-corrected chi connectivity index (χ4v) is 3.93. The highest BCUT2D eigenvalue weighted by molar-refractivity contribution is 5.66. The summed E-state index contributed by atoms with van der Waals surface area (Å²) in [5.74, 6) is 2.57. The minimum absolute atomic E-state index is 0.338. The van der Waals surface area contributed by atoms with Crippen molar-refractivity contribution >= 4 is 0 Å². The molecule has 0 fully saturated rings. The number of ether oxygens (including phenoxy) is 2. The zero-order valence-electron chi connectivity index (χ0n) is 20.9. The molecule has 1 aromatic heterocycles. The zero-order chi connectivity index (χ0) is 24.0. The molecule has 0 atom stereocenters. The predicted molar refractivity (Wildman–Crippen MR) is 135 cm³/mol. The van der Waals surface area contributed by atoms with Crippen LogP contribution in [0.1, 0.15) is 67.1 Å². The number of rotatable bonds is 10. The molecule has 176 valence electrons. The van der Waals surface area contributed by atoms with Crippen LogP contribution in [0.15, 0.2) is 36.4 Å². The first-order valence-corrected chi connectivity index (χ1v) is 11.9. The Kier molecular flexibility index (Phi) is 8.45. The van der Waals surface area contributed by atoms with Gasteiger partial charge in [-0.05, 0) is 60.9 Å². The van der Waals surface area contributed by atoms with Gasteiger partial charge in [-0.25, -0.2) is 4.98 Å². The highest BCUT2D eigenvalue weighted by Gasteiger charge is 2.19. The van der Waals surface area contributed by atoms with Gasteiger partial charge in [0.05, 0.1) is 11.3 Å². The van der Waals surface area contributed by atoms with Crippen molar-refractivity contribution in [2.45, 2.75) is 66.9 Å². The zero-order valence-corrected chi connectivity index (χ0v) is 20.9. The highest BCUT2D eigenvalue weighted by atomic mass is 16.5. The minimum atomic E-state index is 0.338. The van der Waals surface area contributed by atoms with Gasteiger partial charge < -0.3 is 15.2 Å². The van der Waals surface area contributed by atoms with Crippen LogP contribution in [0.4, 0.5) is 0 Å². The third kappa shape index (κ3) is 5.72. The molecule has 0 aliphatic rings. The van der Waals surface area contributed by atoms with Gasteiger partial charge in [-0.15, -0.1) is 0 Å². The van der Waals surface area contributed by atoms with Crippen molar-refractivity contribution in [1.29, 1.82) is 0 Å². The van der Waals surface area contributed by atoms with Crippen LogP contribution in [0.2, 0.25) is 0 Å². The number of nitrogens with zero attached hydrogens (tertiary/aromatic N) is 2. The molecule has 0 aliphatic heterocycles. The van der Waals surface area contributed by atoms with Crippen LogP contribution in [-0.2, 0) is 19.4 Å². The second kappa shape index (κ2) is 11.3. The molecule has 0 spiro atoms. The van der Waals surface area contributed by atoms with Gasteiger partial charge in [-0.2, -0.15) is 4.98 Å². The van der Waals surface area contributed by atoms with E-state index in [0.717, 1.165) is 41.0 Å². The summed E-state index contributed by atoms with van der Waals surface area (Å²) in [6, 6.07) is 12.8. The maximum Gasteiger partial charge on any atom is 0.224 e. The van der Waals surface area contributed by atoms with E-state index in [9.17, 15) is 0 Å². The topological polar surface area (TPSA) is 70.3 Å². The normalized spacial score (nSPS) is 11.2. The molecule has 0 aliphatic carbocycles. The number of aromatic nitrogens is 2. The monoisotopic (exact) mass is 447 g/mol. The molecule has 3 aromatic rings. The van der Waals surface area contributed by atoms with E-state index < -0.39 is 0 Å². The molecule has 0 unspecified atom stereocenters. The largest absolute Gasteiger partial charge is 0.488 e. The Balaban J connectivity index is 2.01. The van der Waals surface area contributed by atoms with Gasteiger partial charge in [0.25, 0.3) is 0 Å². The van der Waals surface area contributed by atoms with E-state index in [4.69, 9.17) is 25.2 Å². The van der Waals surface area contributed by atoms with E-state index >= 15 is 0 Å². The van der Waals surface area contributed by atoms with Gasteiger partial charge in [0, 0.05) is 12.1 Å². The van der Waals surface area contributed by atoms with Crippen LogP contribution in [0.5, 0.6) is 11.6 Å². The SMILES string of the molecule is CCc1cccc(CC)c1-c1nc(C)c(COc2cc(C(C)C)ccc2C)c(OCCN)n1. The minimum Gasteiger partial charge on any atom is -0.488 e. The summed E-state index contributed by atoms with van der Waals surface area (Å²) in [6.07, 6.45) is 1.84. The molecular weight excluding hydrogens is 410 g/mol. The second-order valence-electron chi connectivity index (χ2n) is 8.68. The molecule has 0 bridgehead atoms. The van der Waals surface area contributed by atoms with Crippen molar-refractivity contribution < 1.29 is 9.47 Å². The maximum absolute atomic E-state index is 6.26. The van der Waals surface area contributed by atoms with Crippen LogP contribution in [-0.4, -0.2) is 23.1 Å². The van der Waals surface area contributed by atoms with Crippen molar-refractivity contribution in [1.82, 2.24) is 9.97 Å². The molecule has 2 aromatic carbocycles. The first kappa shape index (κ1) is 24.7. The first-order valence-electron chi connectivity index (χ1n) is 11.9. The Bertz CT molecular complexity index is 1070. The fraction of sp³-hybridized carbons (Fsp3) is 0.429. The molecule has 0 saturated heterocycles. The van der Waals surface area contributed by atoms with Crippen molar-refractivity contribution in [3.8, 4) is 23.0 Å². The van der Waals surface area contributed by atoms with Crippen LogP contribution in [0, 0.1) is 13.8 Å². The third-order valence-electron chi connectivity index (χ3n) is 6.01. The molecule has 33 heavy (non-hydrogen) atoms. The summed E-state index contributed by atoms with van der Waals surface area (Å²) < 4.78 is 12.3. The average Bonchev–Trinajstić information content (AvgIpc) is 2.81. The van der Waals surface area contributed by atoms with E-state index in [1.165, 1.54) is 16.7 Å². The summed E-state index contributed by atoms with van der Waals surface area (Å²) in [7, 11) is 0. The lowest BCUT2D eigenvalue weighted by Crippen LogP contribution is -2.15. The van der Waals surface area contributed by atoms with Crippen LogP contribution in [0.3, 0.4) is 0 Å². The van der Waals surface area contributed by atoms with Crippen molar-refractivity contribution in [2.75, 3.05) is 13.2 Å². The maximum atomic E-state index is 6.26. The summed E-state index contributed by atoms with van der Waals surface area (Å²) >= 11 is 0. The molecule has 1 heterocycles. The average molecular weight is 448 g/mol. The molecule has 5 nitrogen and oxygen atoms in total. The molecular formula is C28H37N3O2. The van der Waals surface area contributed by atoms with E-state index in [1.54, 1.807) is 0 Å². The summed E-state index contributed by atoms with van der Waals surface area (Å²) in [5.41, 5.74) is 13.4. The predicted octanol–water partition coefficient (Wildman–Crippen LogP) is 5.93.